The molecule has 0 unspecified atom stereocenters. The molecule has 116 valence electrons. The summed E-state index contributed by atoms with van der Waals surface area (Å²) < 4.78 is 20.1. The second-order valence-electron chi connectivity index (χ2n) is 5.07. The number of hydrogen-bond acceptors (Lipinski definition) is 5. The number of nitrogens with two attached hydrogens (primary N) is 1. The highest BCUT2D eigenvalue weighted by atomic mass is 19.1. The lowest BCUT2D eigenvalue weighted by atomic mass is 10.2. The number of benzene rings is 1. The van der Waals surface area contributed by atoms with Gasteiger partial charge in [-0.1, -0.05) is 11.3 Å². The van der Waals surface area contributed by atoms with Gasteiger partial charge in [-0.25, -0.2) is 4.39 Å². The Labute approximate surface area is 126 Å². The maximum absolute atomic E-state index is 13.7. The molecule has 0 aliphatic carbocycles. The summed E-state index contributed by atoms with van der Waals surface area (Å²) in [5.41, 5.74) is 6.99. The third-order valence-electron chi connectivity index (χ3n) is 3.61. The van der Waals surface area contributed by atoms with E-state index in [0.29, 0.717) is 37.6 Å². The van der Waals surface area contributed by atoms with Crippen molar-refractivity contribution in [3.63, 3.8) is 0 Å². The first-order valence-corrected chi connectivity index (χ1v) is 6.92. The number of halogens is 1. The summed E-state index contributed by atoms with van der Waals surface area (Å²) in [7, 11) is 0. The summed E-state index contributed by atoms with van der Waals surface area (Å²) in [6.45, 7) is 3.62. The molecule has 0 saturated carbocycles. The number of aryl methyl sites for hydroxylation is 1. The van der Waals surface area contributed by atoms with Crippen LogP contribution in [0.4, 0.5) is 10.2 Å². The minimum Gasteiger partial charge on any atom is -0.382 e. The van der Waals surface area contributed by atoms with Crippen molar-refractivity contribution < 1.29 is 13.9 Å². The molecule has 1 aromatic carbocycles. The molecule has 1 saturated heterocycles. The van der Waals surface area contributed by atoms with Gasteiger partial charge < -0.3 is 15.4 Å². The number of nitrogens with zero attached hydrogens (tertiary/aromatic N) is 4. The van der Waals surface area contributed by atoms with Crippen LogP contribution in [0.25, 0.3) is 5.69 Å². The molecule has 2 heterocycles. The zero-order valence-electron chi connectivity index (χ0n) is 12.1. The zero-order valence-corrected chi connectivity index (χ0v) is 12.1. The fourth-order valence-electron chi connectivity index (χ4n) is 2.26. The molecule has 0 spiro atoms. The van der Waals surface area contributed by atoms with E-state index in [-0.39, 0.29) is 23.2 Å². The molecule has 1 aliphatic heterocycles. The quantitative estimate of drug-likeness (QED) is 0.885. The Morgan fingerprint density at radius 2 is 2.09 bits per heavy atom. The number of ether oxygens (including phenoxy) is 1. The molecular weight excluding hydrogens is 289 g/mol. The van der Waals surface area contributed by atoms with E-state index in [1.165, 1.54) is 10.7 Å². The number of rotatable bonds is 2. The number of anilines is 1. The second-order valence-corrected chi connectivity index (χ2v) is 5.07. The summed E-state index contributed by atoms with van der Waals surface area (Å²) >= 11 is 0. The summed E-state index contributed by atoms with van der Waals surface area (Å²) in [5.74, 6) is -0.562. The normalized spacial score (nSPS) is 15.1. The molecule has 1 fully saturated rings. The third-order valence-corrected chi connectivity index (χ3v) is 3.61. The monoisotopic (exact) mass is 305 g/mol. The zero-order chi connectivity index (χ0) is 15.7. The minimum atomic E-state index is -0.367. The van der Waals surface area contributed by atoms with Crippen molar-refractivity contribution in [1.82, 2.24) is 19.9 Å². The molecule has 22 heavy (non-hydrogen) atoms. The lowest BCUT2D eigenvalue weighted by molar-refractivity contribution is 0.0299. The van der Waals surface area contributed by atoms with Crippen LogP contribution in [-0.2, 0) is 4.74 Å². The van der Waals surface area contributed by atoms with Crippen LogP contribution < -0.4 is 5.73 Å². The van der Waals surface area contributed by atoms with Crippen LogP contribution in [-0.4, -0.2) is 52.1 Å². The first kappa shape index (κ1) is 14.5. The van der Waals surface area contributed by atoms with Gasteiger partial charge in [0.2, 0.25) is 0 Å². The van der Waals surface area contributed by atoms with Crippen molar-refractivity contribution in [2.75, 3.05) is 32.0 Å². The summed E-state index contributed by atoms with van der Waals surface area (Å²) in [4.78, 5) is 14.0. The molecular formula is C14H16FN5O2. The molecule has 8 heteroatoms. The van der Waals surface area contributed by atoms with Gasteiger partial charge >= 0.3 is 0 Å². The largest absolute Gasteiger partial charge is 0.382 e. The van der Waals surface area contributed by atoms with Gasteiger partial charge in [0.1, 0.15) is 5.82 Å². The lowest BCUT2D eigenvalue weighted by Crippen LogP contribution is -2.41. The van der Waals surface area contributed by atoms with Gasteiger partial charge in [0.25, 0.3) is 5.91 Å². The third kappa shape index (κ3) is 2.52. The summed E-state index contributed by atoms with van der Waals surface area (Å²) in [5, 5.41) is 7.72. The average molecular weight is 305 g/mol. The second kappa shape index (κ2) is 5.72. The molecule has 3 rings (SSSR count). The van der Waals surface area contributed by atoms with Crippen LogP contribution in [0, 0.1) is 12.7 Å². The van der Waals surface area contributed by atoms with Crippen molar-refractivity contribution in [3.8, 4) is 5.69 Å². The van der Waals surface area contributed by atoms with Crippen molar-refractivity contribution in [1.29, 1.82) is 0 Å². The first-order chi connectivity index (χ1) is 10.6. The van der Waals surface area contributed by atoms with Crippen LogP contribution in [0.2, 0.25) is 0 Å². The number of amides is 1. The smallest absolute Gasteiger partial charge is 0.278 e. The molecule has 0 radical (unpaired) electrons. The summed E-state index contributed by atoms with van der Waals surface area (Å²) in [6, 6.07) is 4.60. The van der Waals surface area contributed by atoms with Gasteiger partial charge in [-0.05, 0) is 24.6 Å². The van der Waals surface area contributed by atoms with Crippen LogP contribution >= 0.6 is 0 Å². The van der Waals surface area contributed by atoms with Crippen molar-refractivity contribution >= 4 is 11.7 Å². The topological polar surface area (TPSA) is 86.3 Å². The number of morpholine rings is 1. The van der Waals surface area contributed by atoms with Crippen LogP contribution in [0.5, 0.6) is 0 Å². The number of carbonyl (C=O) groups excluding carboxylic acids is 1. The van der Waals surface area contributed by atoms with Gasteiger partial charge in [0.15, 0.2) is 11.5 Å². The van der Waals surface area contributed by atoms with E-state index >= 15 is 0 Å². The van der Waals surface area contributed by atoms with Crippen LogP contribution in [0.1, 0.15) is 16.1 Å². The molecule has 0 bridgehead atoms. The van der Waals surface area contributed by atoms with Crippen LogP contribution in [0.3, 0.4) is 0 Å². The predicted molar refractivity (Wildman–Crippen MR) is 77.2 cm³/mol. The molecule has 2 N–H and O–H groups in total. The van der Waals surface area contributed by atoms with Crippen molar-refractivity contribution in [2.45, 2.75) is 6.92 Å². The highest BCUT2D eigenvalue weighted by molar-refractivity contribution is 5.96. The molecule has 1 aromatic heterocycles. The number of hydrogen-bond donors (Lipinski definition) is 1. The molecule has 1 amide bonds. The molecule has 7 nitrogen and oxygen atoms in total. The Morgan fingerprint density at radius 3 is 2.77 bits per heavy atom. The van der Waals surface area contributed by atoms with E-state index in [0.717, 1.165) is 0 Å². The SMILES string of the molecule is Cc1ccc(-n2nnc(C(=O)N3CCOCC3)c2N)cc1F. The Morgan fingerprint density at radius 1 is 1.36 bits per heavy atom. The van der Waals surface area contributed by atoms with Gasteiger partial charge in [0.05, 0.1) is 18.9 Å². The average Bonchev–Trinajstić information content (AvgIpc) is 2.92. The Hall–Kier alpha value is -2.48. The number of nitrogen functional groups attached to an aromatic ring is 1. The van der Waals surface area contributed by atoms with Gasteiger partial charge in [-0.3, -0.25) is 4.79 Å². The standard InChI is InChI=1S/C14H16FN5O2/c1-9-2-3-10(8-11(9)15)20-13(16)12(17-18-20)14(21)19-4-6-22-7-5-19/h2-3,8H,4-7,16H2,1H3. The highest BCUT2D eigenvalue weighted by Crippen LogP contribution is 2.19. The van der Waals surface area contributed by atoms with Gasteiger partial charge in [0, 0.05) is 13.1 Å². The Kier molecular flexibility index (Phi) is 3.76. The van der Waals surface area contributed by atoms with E-state index < -0.39 is 0 Å². The Balaban J connectivity index is 1.91. The summed E-state index contributed by atoms with van der Waals surface area (Å²) in [6.07, 6.45) is 0. The fraction of sp³-hybridized carbons (Fsp3) is 0.357. The van der Waals surface area contributed by atoms with E-state index in [1.807, 2.05) is 0 Å². The molecule has 2 aromatic rings. The van der Waals surface area contributed by atoms with E-state index in [2.05, 4.69) is 10.3 Å². The van der Waals surface area contributed by atoms with Crippen LogP contribution in [0.15, 0.2) is 18.2 Å². The minimum absolute atomic E-state index is 0.0721. The van der Waals surface area contributed by atoms with Gasteiger partial charge in [-0.2, -0.15) is 4.68 Å². The van der Waals surface area contributed by atoms with Crippen molar-refractivity contribution in [2.24, 2.45) is 0 Å². The number of aromatic nitrogens is 3. The Bertz CT molecular complexity index is 709. The maximum atomic E-state index is 13.7. The number of carbonyl (C=O) groups is 1. The van der Waals surface area contributed by atoms with Crippen molar-refractivity contribution in [3.05, 3.63) is 35.3 Å². The lowest BCUT2D eigenvalue weighted by Gasteiger charge is -2.26. The van der Waals surface area contributed by atoms with E-state index in [9.17, 15) is 9.18 Å². The highest BCUT2D eigenvalue weighted by Gasteiger charge is 2.25. The fourth-order valence-corrected chi connectivity index (χ4v) is 2.26. The molecule has 0 atom stereocenters. The van der Waals surface area contributed by atoms with Gasteiger partial charge in [-0.15, -0.1) is 5.10 Å². The first-order valence-electron chi connectivity index (χ1n) is 6.92. The van der Waals surface area contributed by atoms with E-state index in [1.54, 1.807) is 24.0 Å². The van der Waals surface area contributed by atoms with E-state index in [4.69, 9.17) is 10.5 Å². The molecule has 1 aliphatic rings. The maximum Gasteiger partial charge on any atom is 0.278 e. The predicted octanol–water partition coefficient (Wildman–Crippen LogP) is 0.769.